The van der Waals surface area contributed by atoms with Crippen molar-refractivity contribution in [1.82, 2.24) is 0 Å². The second kappa shape index (κ2) is 13.6. The van der Waals surface area contributed by atoms with Crippen molar-refractivity contribution >= 4 is 23.7 Å². The van der Waals surface area contributed by atoms with E-state index in [0.717, 1.165) is 17.7 Å². The molecule has 0 aliphatic heterocycles. The lowest BCUT2D eigenvalue weighted by atomic mass is 10.2. The van der Waals surface area contributed by atoms with Crippen LogP contribution in [0.3, 0.4) is 0 Å². The number of hydrogen-bond donors (Lipinski definition) is 0. The minimum Gasteiger partial charge on any atom is -0.493 e. The van der Waals surface area contributed by atoms with Gasteiger partial charge in [-0.3, -0.25) is 4.79 Å². The van der Waals surface area contributed by atoms with E-state index >= 15 is 0 Å². The van der Waals surface area contributed by atoms with Gasteiger partial charge in [0.25, 0.3) is 0 Å². The Hall–Kier alpha value is -1.69. The molecule has 1 rings (SSSR count). The molecule has 0 aliphatic rings. The van der Waals surface area contributed by atoms with Crippen LogP contribution in [0.5, 0.6) is 5.75 Å². The van der Waals surface area contributed by atoms with Crippen LogP contribution in [0.25, 0.3) is 0 Å². The number of unbranched alkanes of at least 4 members (excludes halogenated alkanes) is 3. The van der Waals surface area contributed by atoms with Crippen LogP contribution in [0, 0.1) is 0 Å². The lowest BCUT2D eigenvalue weighted by Crippen LogP contribution is -2.17. The average molecular weight is 368 g/mol. The molecule has 5 nitrogen and oxygen atoms in total. The Kier molecular flexibility index (Phi) is 11.6. The van der Waals surface area contributed by atoms with Gasteiger partial charge in [0.1, 0.15) is 5.75 Å². The van der Waals surface area contributed by atoms with Crippen LogP contribution in [0.2, 0.25) is 0 Å². The number of esters is 2. The highest BCUT2D eigenvalue weighted by Gasteiger charge is 2.09. The topological polar surface area (TPSA) is 61.8 Å². The fourth-order valence-corrected chi connectivity index (χ4v) is 2.91. The number of thioether (sulfide) groups is 1. The molecule has 1 aromatic carbocycles. The fourth-order valence-electron chi connectivity index (χ4n) is 2.10. The quantitative estimate of drug-likeness (QED) is 0.388. The predicted octanol–water partition coefficient (Wildman–Crippen LogP) is 3.99. The van der Waals surface area contributed by atoms with Crippen molar-refractivity contribution in [3.05, 3.63) is 29.8 Å². The molecule has 0 unspecified atom stereocenters. The number of benzene rings is 1. The van der Waals surface area contributed by atoms with Gasteiger partial charge in [-0.1, -0.05) is 44.4 Å². The summed E-state index contributed by atoms with van der Waals surface area (Å²) in [6, 6.07) is 7.86. The molecule has 0 saturated heterocycles. The summed E-state index contributed by atoms with van der Waals surface area (Å²) in [7, 11) is 0. The number of ether oxygens (including phenoxy) is 3. The Bertz CT molecular complexity index is 518. The third-order valence-electron chi connectivity index (χ3n) is 3.36. The maximum atomic E-state index is 11.6. The molecule has 0 heterocycles. The van der Waals surface area contributed by atoms with Gasteiger partial charge >= 0.3 is 11.9 Å². The molecule has 0 saturated carbocycles. The van der Waals surface area contributed by atoms with Crippen LogP contribution in [0.15, 0.2) is 24.3 Å². The van der Waals surface area contributed by atoms with Crippen LogP contribution in [0.1, 0.15) is 45.1 Å². The van der Waals surface area contributed by atoms with E-state index in [1.807, 2.05) is 24.3 Å². The minimum atomic E-state index is -0.525. The summed E-state index contributed by atoms with van der Waals surface area (Å²) in [5.41, 5.74) is 1.06. The molecule has 0 aromatic heterocycles. The van der Waals surface area contributed by atoms with E-state index in [1.165, 1.54) is 31.0 Å². The molecular weight excluding hydrogens is 340 g/mol. The lowest BCUT2D eigenvalue weighted by Gasteiger charge is -2.11. The molecular formula is C19H28O5S. The maximum absolute atomic E-state index is 11.6. The smallest absolute Gasteiger partial charge is 0.344 e. The van der Waals surface area contributed by atoms with Crippen molar-refractivity contribution in [3.63, 3.8) is 0 Å². The normalized spacial score (nSPS) is 10.3. The number of hydrogen-bond acceptors (Lipinski definition) is 6. The Balaban J connectivity index is 2.29. The Morgan fingerprint density at radius 2 is 1.80 bits per heavy atom. The van der Waals surface area contributed by atoms with Crippen molar-refractivity contribution in [3.8, 4) is 5.75 Å². The monoisotopic (exact) mass is 368 g/mol. The Morgan fingerprint density at radius 3 is 2.56 bits per heavy atom. The summed E-state index contributed by atoms with van der Waals surface area (Å²) in [6.45, 7) is 4.55. The highest BCUT2D eigenvalue weighted by atomic mass is 32.2. The van der Waals surface area contributed by atoms with Crippen LogP contribution in [0.4, 0.5) is 0 Å². The molecule has 1 aromatic rings. The van der Waals surface area contributed by atoms with Gasteiger partial charge in [0.2, 0.25) is 0 Å². The Labute approximate surface area is 154 Å². The molecule has 0 spiro atoms. The molecule has 0 amide bonds. The number of rotatable bonds is 13. The summed E-state index contributed by atoms with van der Waals surface area (Å²) in [5.74, 6) is 0.759. The van der Waals surface area contributed by atoms with Crippen molar-refractivity contribution in [2.24, 2.45) is 0 Å². The van der Waals surface area contributed by atoms with Gasteiger partial charge in [-0.15, -0.1) is 11.8 Å². The fraction of sp³-hybridized carbons (Fsp3) is 0.579. The molecule has 0 atom stereocenters. The molecule has 140 valence electrons. The predicted molar refractivity (Wildman–Crippen MR) is 99.8 cm³/mol. The van der Waals surface area contributed by atoms with Crippen molar-refractivity contribution in [2.45, 2.75) is 45.3 Å². The first-order valence-electron chi connectivity index (χ1n) is 8.77. The summed E-state index contributed by atoms with van der Waals surface area (Å²) >= 11 is 1.43. The highest BCUT2D eigenvalue weighted by Crippen LogP contribution is 2.23. The molecule has 0 radical (unpaired) electrons. The second-order valence-electron chi connectivity index (χ2n) is 5.48. The van der Waals surface area contributed by atoms with Gasteiger partial charge in [0, 0.05) is 11.3 Å². The van der Waals surface area contributed by atoms with E-state index in [4.69, 9.17) is 14.2 Å². The van der Waals surface area contributed by atoms with Gasteiger partial charge in [0.15, 0.2) is 6.61 Å². The Morgan fingerprint density at radius 1 is 1.00 bits per heavy atom. The van der Waals surface area contributed by atoms with Crippen LogP contribution < -0.4 is 4.74 Å². The summed E-state index contributed by atoms with van der Waals surface area (Å²) in [4.78, 5) is 22.7. The van der Waals surface area contributed by atoms with Gasteiger partial charge in [-0.05, 0) is 19.4 Å². The van der Waals surface area contributed by atoms with E-state index in [9.17, 15) is 9.59 Å². The SMILES string of the molecule is CCCCCCOc1ccccc1CSCC(=O)OCC(=O)OCC. The van der Waals surface area contributed by atoms with Gasteiger partial charge in [-0.25, -0.2) is 4.79 Å². The first-order chi connectivity index (χ1) is 12.2. The minimum absolute atomic E-state index is 0.185. The highest BCUT2D eigenvalue weighted by molar-refractivity contribution is 7.99. The van der Waals surface area contributed by atoms with Gasteiger partial charge in [-0.2, -0.15) is 0 Å². The van der Waals surface area contributed by atoms with E-state index in [2.05, 4.69) is 6.92 Å². The molecule has 0 aliphatic carbocycles. The van der Waals surface area contributed by atoms with Crippen LogP contribution in [-0.2, 0) is 24.8 Å². The molecule has 0 bridgehead atoms. The van der Waals surface area contributed by atoms with E-state index < -0.39 is 11.9 Å². The van der Waals surface area contributed by atoms with Crippen LogP contribution in [-0.4, -0.2) is 37.5 Å². The summed E-state index contributed by atoms with van der Waals surface area (Å²) < 4.78 is 15.4. The van der Waals surface area contributed by atoms with Crippen molar-refractivity contribution < 1.29 is 23.8 Å². The number of carbonyl (C=O) groups excluding carboxylic acids is 2. The largest absolute Gasteiger partial charge is 0.493 e. The maximum Gasteiger partial charge on any atom is 0.344 e. The van der Waals surface area contributed by atoms with E-state index in [-0.39, 0.29) is 19.0 Å². The molecule has 25 heavy (non-hydrogen) atoms. The zero-order chi connectivity index (χ0) is 18.3. The van der Waals surface area contributed by atoms with Gasteiger partial charge in [0.05, 0.1) is 19.0 Å². The van der Waals surface area contributed by atoms with Gasteiger partial charge < -0.3 is 14.2 Å². The second-order valence-corrected chi connectivity index (χ2v) is 6.46. The third kappa shape index (κ3) is 10.0. The first kappa shape index (κ1) is 21.4. The van der Waals surface area contributed by atoms with Crippen molar-refractivity contribution in [2.75, 3.05) is 25.6 Å². The number of para-hydroxylation sites is 1. The molecule has 0 N–H and O–H groups in total. The first-order valence-corrected chi connectivity index (χ1v) is 9.92. The lowest BCUT2D eigenvalue weighted by molar-refractivity contribution is -0.156. The summed E-state index contributed by atoms with van der Waals surface area (Å²) in [6.07, 6.45) is 4.67. The zero-order valence-electron chi connectivity index (χ0n) is 15.1. The average Bonchev–Trinajstić information content (AvgIpc) is 2.61. The van der Waals surface area contributed by atoms with Crippen molar-refractivity contribution in [1.29, 1.82) is 0 Å². The van der Waals surface area contributed by atoms with Crippen LogP contribution >= 0.6 is 11.8 Å². The third-order valence-corrected chi connectivity index (χ3v) is 4.32. The molecule has 0 fully saturated rings. The number of carbonyl (C=O) groups is 2. The molecule has 6 heteroatoms. The summed E-state index contributed by atoms with van der Waals surface area (Å²) in [5, 5.41) is 0. The van der Waals surface area contributed by atoms with E-state index in [1.54, 1.807) is 6.92 Å². The van der Waals surface area contributed by atoms with E-state index in [0.29, 0.717) is 12.4 Å². The zero-order valence-corrected chi connectivity index (χ0v) is 15.9. The standard InChI is InChI=1S/C19H28O5S/c1-3-5-6-9-12-23-17-11-8-7-10-16(17)14-25-15-19(21)24-13-18(20)22-4-2/h7-8,10-11H,3-6,9,12-15H2,1-2H3.